The van der Waals surface area contributed by atoms with Crippen molar-refractivity contribution < 1.29 is 0 Å². The second-order valence-corrected chi connectivity index (χ2v) is 8.58. The average Bonchev–Trinajstić information content (AvgIpc) is 2.67. The van der Waals surface area contributed by atoms with E-state index >= 15 is 0 Å². The molecule has 0 N–H and O–H groups in total. The number of aryl methyl sites for hydroxylation is 1. The van der Waals surface area contributed by atoms with Gasteiger partial charge in [-0.05, 0) is 62.4 Å². The van der Waals surface area contributed by atoms with E-state index < -0.39 is 0 Å². The molecule has 0 spiro atoms. The molecule has 0 amide bonds. The highest BCUT2D eigenvalue weighted by Crippen LogP contribution is 2.40. The molecular formula is C25H31ClN2. The molecular weight excluding hydrogens is 364 g/mol. The van der Waals surface area contributed by atoms with Gasteiger partial charge >= 0.3 is 0 Å². The van der Waals surface area contributed by atoms with Gasteiger partial charge in [0.05, 0.1) is 10.6 Å². The number of hydrogen-bond donors (Lipinski definition) is 0. The monoisotopic (exact) mass is 394 g/mol. The maximum absolute atomic E-state index is 8.82. The largest absolute Gasteiger partial charge is 0.366 e. The molecule has 0 bridgehead atoms. The first-order valence-corrected chi connectivity index (χ1v) is 10.3. The summed E-state index contributed by atoms with van der Waals surface area (Å²) in [4.78, 5) is 2.32. The Morgan fingerprint density at radius 2 is 1.89 bits per heavy atom. The number of halogens is 1. The number of allylic oxidation sites excluding steroid dienone is 1. The third-order valence-electron chi connectivity index (χ3n) is 5.73. The molecule has 1 aliphatic heterocycles. The third-order valence-corrected chi connectivity index (χ3v) is 6.04. The van der Waals surface area contributed by atoms with Crippen LogP contribution in [0.2, 0.25) is 5.02 Å². The van der Waals surface area contributed by atoms with Crippen LogP contribution in [0.1, 0.15) is 57.7 Å². The molecule has 2 nitrogen and oxygen atoms in total. The fraction of sp³-hybridized carbons (Fsp3) is 0.400. The molecule has 2 aromatic rings. The lowest BCUT2D eigenvalue weighted by Crippen LogP contribution is -2.63. The van der Waals surface area contributed by atoms with Gasteiger partial charge in [-0.25, -0.2) is 0 Å². The maximum atomic E-state index is 8.82. The molecule has 0 saturated carbocycles. The van der Waals surface area contributed by atoms with Crippen molar-refractivity contribution in [3.63, 3.8) is 0 Å². The summed E-state index contributed by atoms with van der Waals surface area (Å²) in [6.45, 7) is 15.9. The molecule has 3 rings (SSSR count). The Hall–Kier alpha value is -2.24. The van der Waals surface area contributed by atoms with Crippen LogP contribution in [0.25, 0.3) is 5.57 Å². The Kier molecular flexibility index (Phi) is 7.33. The van der Waals surface area contributed by atoms with Gasteiger partial charge in [0.1, 0.15) is 6.07 Å². The second-order valence-electron chi connectivity index (χ2n) is 8.17. The van der Waals surface area contributed by atoms with Crippen molar-refractivity contribution in [1.29, 1.82) is 5.26 Å². The minimum absolute atomic E-state index is 0.178. The van der Waals surface area contributed by atoms with Gasteiger partial charge in [0.25, 0.3) is 0 Å². The predicted molar refractivity (Wildman–Crippen MR) is 122 cm³/mol. The molecule has 3 heteroatoms. The summed E-state index contributed by atoms with van der Waals surface area (Å²) >= 11 is 6.03. The van der Waals surface area contributed by atoms with Crippen LogP contribution >= 0.6 is 11.6 Å². The average molecular weight is 395 g/mol. The molecule has 0 aromatic heterocycles. The quantitative estimate of drug-likeness (QED) is 0.551. The van der Waals surface area contributed by atoms with Crippen molar-refractivity contribution in [2.45, 2.75) is 53.0 Å². The van der Waals surface area contributed by atoms with Gasteiger partial charge in [-0.1, -0.05) is 68.3 Å². The topological polar surface area (TPSA) is 27.0 Å². The Bertz CT molecular complexity index is 859. The standard InChI is InChI=1S/C13H15ClN2.C12H16/c1-9-8-16(13(9,2)3)11-5-4-10(7-15)12(14)6-11;1-4-5-11-6-8-12(9-7-11)10(2)3/h4-6,9H,8H2,1-3H3;6-9H,2,4-5H2,1,3H3. The van der Waals surface area contributed by atoms with E-state index in [2.05, 4.69) is 69.5 Å². The van der Waals surface area contributed by atoms with E-state index in [0.717, 1.165) is 17.8 Å². The molecule has 0 radical (unpaired) electrons. The molecule has 148 valence electrons. The van der Waals surface area contributed by atoms with E-state index in [1.807, 2.05) is 19.1 Å². The third kappa shape index (κ3) is 4.97. The zero-order chi connectivity index (χ0) is 20.9. The summed E-state index contributed by atoms with van der Waals surface area (Å²) in [5.41, 5.74) is 5.62. The van der Waals surface area contributed by atoms with E-state index in [1.54, 1.807) is 6.07 Å². The summed E-state index contributed by atoms with van der Waals surface area (Å²) in [6, 6.07) is 16.4. The van der Waals surface area contributed by atoms with Crippen LogP contribution < -0.4 is 4.90 Å². The van der Waals surface area contributed by atoms with Gasteiger partial charge in [0, 0.05) is 17.8 Å². The first-order chi connectivity index (χ1) is 13.2. The van der Waals surface area contributed by atoms with E-state index in [-0.39, 0.29) is 5.54 Å². The zero-order valence-electron chi connectivity index (χ0n) is 17.7. The Labute approximate surface area is 175 Å². The number of nitriles is 1. The highest BCUT2D eigenvalue weighted by molar-refractivity contribution is 6.32. The van der Waals surface area contributed by atoms with Crippen LogP contribution in [0.15, 0.2) is 49.0 Å². The molecule has 1 aliphatic rings. The highest BCUT2D eigenvalue weighted by Gasteiger charge is 2.43. The van der Waals surface area contributed by atoms with Crippen LogP contribution in [-0.4, -0.2) is 12.1 Å². The van der Waals surface area contributed by atoms with Crippen LogP contribution in [0.5, 0.6) is 0 Å². The first kappa shape index (κ1) is 22.1. The molecule has 1 fully saturated rings. The molecule has 28 heavy (non-hydrogen) atoms. The molecule has 1 atom stereocenters. The number of hydrogen-bond acceptors (Lipinski definition) is 2. The summed E-state index contributed by atoms with van der Waals surface area (Å²) < 4.78 is 0. The van der Waals surface area contributed by atoms with Crippen LogP contribution in [0.4, 0.5) is 5.69 Å². The van der Waals surface area contributed by atoms with Crippen molar-refractivity contribution in [1.82, 2.24) is 0 Å². The lowest BCUT2D eigenvalue weighted by Gasteiger charge is -2.55. The SMILES string of the molecule is C=C(C)c1ccc(CCC)cc1.CC1CN(c2ccc(C#N)c(Cl)c2)C1(C)C. The minimum Gasteiger partial charge on any atom is -0.366 e. The normalized spacial score (nSPS) is 17.0. The van der Waals surface area contributed by atoms with Crippen LogP contribution in [0, 0.1) is 17.2 Å². The van der Waals surface area contributed by atoms with Crippen LogP contribution in [-0.2, 0) is 6.42 Å². The van der Waals surface area contributed by atoms with E-state index in [0.29, 0.717) is 16.5 Å². The van der Waals surface area contributed by atoms with Crippen molar-refractivity contribution >= 4 is 22.9 Å². The van der Waals surface area contributed by atoms with Crippen molar-refractivity contribution in [3.05, 3.63) is 70.8 Å². The fourth-order valence-electron chi connectivity index (χ4n) is 3.33. The van der Waals surface area contributed by atoms with Gasteiger partial charge in [-0.15, -0.1) is 0 Å². The molecule has 1 saturated heterocycles. The van der Waals surface area contributed by atoms with Crippen molar-refractivity contribution in [2.24, 2.45) is 5.92 Å². The van der Waals surface area contributed by atoms with Crippen molar-refractivity contribution in [2.75, 3.05) is 11.4 Å². The van der Waals surface area contributed by atoms with E-state index in [1.165, 1.54) is 24.0 Å². The second kappa shape index (κ2) is 9.30. The zero-order valence-corrected chi connectivity index (χ0v) is 18.5. The summed E-state index contributed by atoms with van der Waals surface area (Å²) in [5, 5.41) is 9.35. The smallest absolute Gasteiger partial charge is 0.101 e. The van der Waals surface area contributed by atoms with Gasteiger partial charge in [0.15, 0.2) is 0 Å². The molecule has 1 heterocycles. The highest BCUT2D eigenvalue weighted by atomic mass is 35.5. The predicted octanol–water partition coefficient (Wildman–Crippen LogP) is 7.12. The van der Waals surface area contributed by atoms with Crippen LogP contribution in [0.3, 0.4) is 0 Å². The lowest BCUT2D eigenvalue weighted by atomic mass is 9.78. The van der Waals surface area contributed by atoms with E-state index in [9.17, 15) is 0 Å². The number of rotatable bonds is 4. The number of benzene rings is 2. The van der Waals surface area contributed by atoms with Gasteiger partial charge in [-0.2, -0.15) is 5.26 Å². The number of nitrogens with zero attached hydrogens (tertiary/aromatic N) is 2. The van der Waals surface area contributed by atoms with Gasteiger partial charge in [0.2, 0.25) is 0 Å². The molecule has 0 aliphatic carbocycles. The summed E-state index contributed by atoms with van der Waals surface area (Å²) in [7, 11) is 0. The lowest BCUT2D eigenvalue weighted by molar-refractivity contribution is 0.218. The van der Waals surface area contributed by atoms with Gasteiger partial charge in [-0.3, -0.25) is 0 Å². The number of anilines is 1. The Morgan fingerprint density at radius 3 is 2.32 bits per heavy atom. The summed E-state index contributed by atoms with van der Waals surface area (Å²) in [5.74, 6) is 0.682. The van der Waals surface area contributed by atoms with Crippen molar-refractivity contribution in [3.8, 4) is 6.07 Å². The molecule has 2 aromatic carbocycles. The Morgan fingerprint density at radius 1 is 1.25 bits per heavy atom. The van der Waals surface area contributed by atoms with Gasteiger partial charge < -0.3 is 4.90 Å². The molecule has 1 unspecified atom stereocenters. The maximum Gasteiger partial charge on any atom is 0.101 e. The first-order valence-electron chi connectivity index (χ1n) is 9.92. The Balaban J connectivity index is 0.000000209. The summed E-state index contributed by atoms with van der Waals surface area (Å²) in [6.07, 6.45) is 2.39. The fourth-order valence-corrected chi connectivity index (χ4v) is 3.55. The van der Waals surface area contributed by atoms with E-state index in [4.69, 9.17) is 16.9 Å². The minimum atomic E-state index is 0.178.